The van der Waals surface area contributed by atoms with Crippen molar-refractivity contribution in [2.45, 2.75) is 136 Å². The van der Waals surface area contributed by atoms with Crippen LogP contribution in [0.25, 0.3) is 10.4 Å². The Kier molecular flexibility index (Phi) is 16.0. The van der Waals surface area contributed by atoms with Crippen molar-refractivity contribution in [1.29, 1.82) is 0 Å². The molecule has 6 unspecified atom stereocenters. The van der Waals surface area contributed by atoms with Crippen LogP contribution in [0.3, 0.4) is 0 Å². The van der Waals surface area contributed by atoms with Gasteiger partial charge in [-0.25, -0.2) is 0 Å². The van der Waals surface area contributed by atoms with Gasteiger partial charge in [0.15, 0.2) is 12.6 Å². The van der Waals surface area contributed by atoms with Crippen LogP contribution < -0.4 is 0 Å². The van der Waals surface area contributed by atoms with Gasteiger partial charge in [0.25, 0.3) is 0 Å². The largest absolute Gasteiger partial charge is 0.352 e. The van der Waals surface area contributed by atoms with Gasteiger partial charge in [-0.15, -0.1) is 0 Å². The lowest BCUT2D eigenvalue weighted by atomic mass is 9.84. The van der Waals surface area contributed by atoms with Crippen LogP contribution in [0.1, 0.15) is 117 Å². The number of ether oxygens (including phenoxy) is 4. The summed E-state index contributed by atoms with van der Waals surface area (Å²) in [6.07, 6.45) is 18.0. The number of unbranched alkanes of at least 4 members (excludes halogenated alkanes) is 9. The van der Waals surface area contributed by atoms with Crippen molar-refractivity contribution in [3.8, 4) is 0 Å². The molecule has 2 fully saturated rings. The minimum Gasteiger partial charge on any atom is -0.352 e. The van der Waals surface area contributed by atoms with Gasteiger partial charge in [-0.1, -0.05) is 134 Å². The Hall–Kier alpha value is -1.89. The molecular formula is C35H57N3O4. The highest BCUT2D eigenvalue weighted by Gasteiger charge is 2.46. The summed E-state index contributed by atoms with van der Waals surface area (Å²) in [6, 6.07) is 9.80. The summed E-state index contributed by atoms with van der Waals surface area (Å²) >= 11 is 0. The fourth-order valence-corrected chi connectivity index (χ4v) is 6.09. The van der Waals surface area contributed by atoms with E-state index in [1.54, 1.807) is 0 Å². The molecule has 0 N–H and O–H groups in total. The SMILES string of the molecule is CCCCCCCCCCCC=CC[C@@H](C)[C@@H](C)[C@H](COC1OC2COC(c3ccccc3)OC2C(C)C1C)N=[N+]=[N-]. The van der Waals surface area contributed by atoms with Gasteiger partial charge >= 0.3 is 0 Å². The maximum Gasteiger partial charge on any atom is 0.184 e. The Bertz CT molecular complexity index is 935. The van der Waals surface area contributed by atoms with E-state index in [0.717, 1.165) is 18.4 Å². The van der Waals surface area contributed by atoms with Crippen molar-refractivity contribution in [3.63, 3.8) is 0 Å². The summed E-state index contributed by atoms with van der Waals surface area (Å²) in [4.78, 5) is 3.15. The second-order valence-corrected chi connectivity index (χ2v) is 12.7. The van der Waals surface area contributed by atoms with Crippen LogP contribution in [0.2, 0.25) is 0 Å². The van der Waals surface area contributed by atoms with E-state index < -0.39 is 6.29 Å². The molecule has 0 aromatic heterocycles. The highest BCUT2D eigenvalue weighted by Crippen LogP contribution is 2.39. The molecule has 2 aliphatic rings. The van der Waals surface area contributed by atoms with Gasteiger partial charge in [0.1, 0.15) is 6.10 Å². The van der Waals surface area contributed by atoms with E-state index in [1.807, 2.05) is 30.3 Å². The number of nitrogens with zero attached hydrogens (tertiary/aromatic N) is 3. The van der Waals surface area contributed by atoms with Gasteiger partial charge in [-0.05, 0) is 42.5 Å². The normalized spacial score (nSPS) is 28.1. The fourth-order valence-electron chi connectivity index (χ4n) is 6.09. The average Bonchev–Trinajstić information content (AvgIpc) is 3.01. The van der Waals surface area contributed by atoms with E-state index in [1.165, 1.54) is 57.8 Å². The third-order valence-corrected chi connectivity index (χ3v) is 9.50. The first kappa shape index (κ1) is 34.6. The second-order valence-electron chi connectivity index (χ2n) is 12.7. The first-order valence-electron chi connectivity index (χ1n) is 16.7. The number of benzene rings is 1. The molecular weight excluding hydrogens is 526 g/mol. The Balaban J connectivity index is 1.38. The minimum atomic E-state index is -0.392. The van der Waals surface area contributed by atoms with E-state index in [9.17, 15) is 5.53 Å². The van der Waals surface area contributed by atoms with Crippen molar-refractivity contribution in [2.75, 3.05) is 13.2 Å². The summed E-state index contributed by atoms with van der Waals surface area (Å²) in [6.45, 7) is 11.8. The molecule has 0 bridgehead atoms. The maximum atomic E-state index is 9.28. The number of hydrogen-bond donors (Lipinski definition) is 0. The number of allylic oxidation sites excluding steroid dienone is 2. The second kappa shape index (κ2) is 19.4. The van der Waals surface area contributed by atoms with Crippen LogP contribution >= 0.6 is 0 Å². The molecule has 0 spiro atoms. The molecule has 3 rings (SSSR count). The third kappa shape index (κ3) is 11.0. The lowest BCUT2D eigenvalue weighted by Crippen LogP contribution is -2.56. The summed E-state index contributed by atoms with van der Waals surface area (Å²) in [5.74, 6) is 0.931. The molecule has 0 saturated carbocycles. The molecule has 9 atom stereocenters. The average molecular weight is 584 g/mol. The molecule has 0 radical (unpaired) electrons. The molecule has 42 heavy (non-hydrogen) atoms. The highest BCUT2D eigenvalue weighted by molar-refractivity contribution is 5.16. The van der Waals surface area contributed by atoms with Crippen LogP contribution in [0, 0.1) is 23.7 Å². The molecule has 7 nitrogen and oxygen atoms in total. The van der Waals surface area contributed by atoms with Gasteiger partial charge in [0.2, 0.25) is 0 Å². The molecule has 0 amide bonds. The smallest absolute Gasteiger partial charge is 0.184 e. The predicted molar refractivity (Wildman–Crippen MR) is 170 cm³/mol. The van der Waals surface area contributed by atoms with Crippen LogP contribution in [0.4, 0.5) is 0 Å². The monoisotopic (exact) mass is 583 g/mol. The van der Waals surface area contributed by atoms with Crippen molar-refractivity contribution < 1.29 is 18.9 Å². The zero-order valence-electron chi connectivity index (χ0n) is 26.9. The van der Waals surface area contributed by atoms with Gasteiger partial charge in [-0.3, -0.25) is 0 Å². The van der Waals surface area contributed by atoms with Crippen molar-refractivity contribution in [1.82, 2.24) is 0 Å². The lowest BCUT2D eigenvalue weighted by Gasteiger charge is -2.48. The molecule has 7 heteroatoms. The summed E-state index contributed by atoms with van der Waals surface area (Å²) in [7, 11) is 0. The number of hydrogen-bond acceptors (Lipinski definition) is 5. The standard InChI is InChI=1S/C35H57N3O4/c1-6-7-8-9-10-11-12-13-14-15-16-18-21-26(2)27(3)31(37-38-36)24-39-34-29(5)28(4)33-32(41-34)25-40-35(42-33)30-22-19-17-20-23-30/h16-20,22-23,26-29,31-35H,6-15,21,24-25H2,1-5H3/t26-,27-,28?,29?,31+,32?,33?,34?,35?/m1/s1. The van der Waals surface area contributed by atoms with Crippen LogP contribution in [0.5, 0.6) is 0 Å². The van der Waals surface area contributed by atoms with Crippen molar-refractivity contribution in [3.05, 3.63) is 58.5 Å². The first-order chi connectivity index (χ1) is 20.5. The van der Waals surface area contributed by atoms with Crippen LogP contribution in [0.15, 0.2) is 47.6 Å². The molecule has 2 aliphatic heterocycles. The van der Waals surface area contributed by atoms with Crippen molar-refractivity contribution >= 4 is 0 Å². The van der Waals surface area contributed by atoms with Gasteiger partial charge in [0, 0.05) is 16.4 Å². The molecule has 2 saturated heterocycles. The number of fused-ring (bicyclic) bond motifs is 1. The highest BCUT2D eigenvalue weighted by atomic mass is 16.7. The van der Waals surface area contributed by atoms with Crippen molar-refractivity contribution in [2.24, 2.45) is 28.8 Å². The maximum absolute atomic E-state index is 9.28. The number of rotatable bonds is 19. The Labute approximate surface area is 255 Å². The summed E-state index contributed by atoms with van der Waals surface area (Å²) in [5, 5.41) is 4.13. The third-order valence-electron chi connectivity index (χ3n) is 9.50. The van der Waals surface area contributed by atoms with E-state index in [2.05, 4.69) is 56.8 Å². The quantitative estimate of drug-likeness (QED) is 0.0533. The topological polar surface area (TPSA) is 85.7 Å². The van der Waals surface area contributed by atoms with E-state index in [4.69, 9.17) is 18.9 Å². The predicted octanol–water partition coefficient (Wildman–Crippen LogP) is 9.93. The first-order valence-corrected chi connectivity index (χ1v) is 16.7. The zero-order valence-corrected chi connectivity index (χ0v) is 26.9. The van der Waals surface area contributed by atoms with Crippen LogP contribution in [-0.4, -0.2) is 37.8 Å². The molecule has 1 aromatic rings. The van der Waals surface area contributed by atoms with E-state index in [0.29, 0.717) is 19.1 Å². The fraction of sp³-hybridized carbons (Fsp3) is 0.771. The Morgan fingerprint density at radius 1 is 0.952 bits per heavy atom. The Morgan fingerprint density at radius 2 is 1.64 bits per heavy atom. The zero-order chi connectivity index (χ0) is 30.2. The van der Waals surface area contributed by atoms with E-state index >= 15 is 0 Å². The lowest BCUT2D eigenvalue weighted by molar-refractivity contribution is -0.343. The molecule has 2 heterocycles. The Morgan fingerprint density at radius 3 is 2.33 bits per heavy atom. The van der Waals surface area contributed by atoms with Gasteiger partial charge in [-0.2, -0.15) is 0 Å². The molecule has 0 aliphatic carbocycles. The van der Waals surface area contributed by atoms with E-state index in [-0.39, 0.29) is 42.3 Å². The summed E-state index contributed by atoms with van der Waals surface area (Å²) in [5.41, 5.74) is 10.3. The molecule has 236 valence electrons. The van der Waals surface area contributed by atoms with Crippen LogP contribution in [-0.2, 0) is 18.9 Å². The minimum absolute atomic E-state index is 0.0620. The summed E-state index contributed by atoms with van der Waals surface area (Å²) < 4.78 is 25.0. The van der Waals surface area contributed by atoms with Gasteiger partial charge in [0.05, 0.1) is 25.4 Å². The number of azide groups is 1. The molecule has 1 aromatic carbocycles. The van der Waals surface area contributed by atoms with Gasteiger partial charge < -0.3 is 18.9 Å².